The summed E-state index contributed by atoms with van der Waals surface area (Å²) in [5.74, 6) is -0.289. The van der Waals surface area contributed by atoms with Gasteiger partial charge in [-0.3, -0.25) is 4.79 Å². The van der Waals surface area contributed by atoms with Crippen molar-refractivity contribution in [1.29, 1.82) is 0 Å². The predicted molar refractivity (Wildman–Crippen MR) is 77.7 cm³/mol. The van der Waals surface area contributed by atoms with Crippen molar-refractivity contribution in [2.75, 3.05) is 13.1 Å². The van der Waals surface area contributed by atoms with Crippen LogP contribution in [0.2, 0.25) is 0 Å². The van der Waals surface area contributed by atoms with E-state index in [2.05, 4.69) is 25.2 Å². The van der Waals surface area contributed by atoms with Gasteiger partial charge in [0.2, 0.25) is 0 Å². The highest BCUT2D eigenvalue weighted by Crippen LogP contribution is 2.04. The molecular weight excluding hydrogens is 238 g/mol. The Labute approximate surface area is 115 Å². The smallest absolute Gasteiger partial charge is 0.310 e. The van der Waals surface area contributed by atoms with Crippen LogP contribution >= 0.6 is 0 Å². The molecule has 0 radical (unpaired) electrons. The first kappa shape index (κ1) is 15.4. The minimum absolute atomic E-state index is 0.130. The number of nitrogens with one attached hydrogen (secondary N) is 1. The van der Waals surface area contributed by atoms with Gasteiger partial charge in [0.25, 0.3) is 0 Å². The lowest BCUT2D eigenvalue weighted by atomic mass is 10.2. The molecule has 0 aromatic heterocycles. The molecule has 0 amide bonds. The fraction of sp³-hybridized carbons (Fsp3) is 0.438. The van der Waals surface area contributed by atoms with E-state index in [1.54, 1.807) is 0 Å². The fourth-order valence-corrected chi connectivity index (χ4v) is 1.53. The van der Waals surface area contributed by atoms with Crippen molar-refractivity contribution >= 4 is 5.97 Å². The molecule has 3 nitrogen and oxygen atoms in total. The van der Waals surface area contributed by atoms with Gasteiger partial charge >= 0.3 is 5.97 Å². The van der Waals surface area contributed by atoms with E-state index in [0.29, 0.717) is 13.2 Å². The van der Waals surface area contributed by atoms with E-state index in [0.717, 1.165) is 12.1 Å². The molecule has 0 spiro atoms. The number of esters is 1. The van der Waals surface area contributed by atoms with Gasteiger partial charge in [-0.05, 0) is 19.4 Å². The molecule has 1 unspecified atom stereocenters. The van der Waals surface area contributed by atoms with Crippen LogP contribution in [0.1, 0.15) is 26.3 Å². The first-order chi connectivity index (χ1) is 9.09. The number of hydrogen-bond acceptors (Lipinski definition) is 3. The van der Waals surface area contributed by atoms with E-state index in [1.165, 1.54) is 5.57 Å². The Morgan fingerprint density at radius 1 is 1.32 bits per heavy atom. The Bertz CT molecular complexity index is 408. The molecule has 1 atom stereocenters. The van der Waals surface area contributed by atoms with Crippen molar-refractivity contribution in [3.05, 3.63) is 47.5 Å². The second-order valence-electron chi connectivity index (χ2n) is 4.93. The van der Waals surface area contributed by atoms with Crippen molar-refractivity contribution in [1.82, 2.24) is 5.32 Å². The largest absolute Gasteiger partial charge is 0.461 e. The van der Waals surface area contributed by atoms with Crippen LogP contribution in [0.3, 0.4) is 0 Å². The molecular formula is C16H23NO2. The molecule has 1 aromatic carbocycles. The van der Waals surface area contributed by atoms with Gasteiger partial charge in [0.1, 0.15) is 6.61 Å². The number of hydrogen-bond donors (Lipinski definition) is 1. The number of rotatable bonds is 7. The summed E-state index contributed by atoms with van der Waals surface area (Å²) in [6.07, 6.45) is 2.10. The Morgan fingerprint density at radius 2 is 2.00 bits per heavy atom. The van der Waals surface area contributed by atoms with Gasteiger partial charge in [-0.2, -0.15) is 0 Å². The lowest BCUT2D eigenvalue weighted by molar-refractivity contribution is -0.149. The zero-order chi connectivity index (χ0) is 14.1. The highest BCUT2D eigenvalue weighted by molar-refractivity contribution is 5.72. The van der Waals surface area contributed by atoms with Crippen molar-refractivity contribution in [3.63, 3.8) is 0 Å². The first-order valence-electron chi connectivity index (χ1n) is 6.64. The van der Waals surface area contributed by atoms with Crippen molar-refractivity contribution in [2.45, 2.75) is 27.4 Å². The number of benzene rings is 1. The van der Waals surface area contributed by atoms with E-state index >= 15 is 0 Å². The third kappa shape index (κ3) is 6.77. The molecule has 0 bridgehead atoms. The molecule has 1 rings (SSSR count). The summed E-state index contributed by atoms with van der Waals surface area (Å²) in [7, 11) is 0. The van der Waals surface area contributed by atoms with E-state index < -0.39 is 0 Å². The number of ether oxygens (including phenoxy) is 1. The second-order valence-corrected chi connectivity index (χ2v) is 4.93. The van der Waals surface area contributed by atoms with E-state index in [1.807, 2.05) is 37.3 Å². The van der Waals surface area contributed by atoms with Gasteiger partial charge in [-0.1, -0.05) is 48.9 Å². The summed E-state index contributed by atoms with van der Waals surface area (Å²) in [6.45, 7) is 7.76. The van der Waals surface area contributed by atoms with Crippen LogP contribution in [0, 0.1) is 5.92 Å². The summed E-state index contributed by atoms with van der Waals surface area (Å²) in [5, 5.41) is 3.22. The molecule has 0 aliphatic heterocycles. The molecule has 1 aromatic rings. The maximum atomic E-state index is 11.8. The molecule has 0 aliphatic carbocycles. The lowest BCUT2D eigenvalue weighted by Gasteiger charge is -2.11. The third-order valence-electron chi connectivity index (χ3n) is 2.73. The SMILES string of the molecule is CC(C)=CCNCC(C)C(=O)OCc1ccccc1. The zero-order valence-corrected chi connectivity index (χ0v) is 12.0. The monoisotopic (exact) mass is 261 g/mol. The van der Waals surface area contributed by atoms with Gasteiger partial charge in [-0.15, -0.1) is 0 Å². The van der Waals surface area contributed by atoms with Gasteiger partial charge in [0.15, 0.2) is 0 Å². The summed E-state index contributed by atoms with van der Waals surface area (Å²) >= 11 is 0. The quantitative estimate of drug-likeness (QED) is 0.466. The maximum Gasteiger partial charge on any atom is 0.310 e. The Hall–Kier alpha value is -1.61. The third-order valence-corrected chi connectivity index (χ3v) is 2.73. The second kappa shape index (κ2) is 8.48. The van der Waals surface area contributed by atoms with Crippen LogP contribution in [0.25, 0.3) is 0 Å². The molecule has 0 aliphatic rings. The van der Waals surface area contributed by atoms with Crippen molar-refractivity contribution in [2.24, 2.45) is 5.92 Å². The maximum absolute atomic E-state index is 11.8. The highest BCUT2D eigenvalue weighted by atomic mass is 16.5. The van der Waals surface area contributed by atoms with Crippen LogP contribution in [-0.2, 0) is 16.1 Å². The van der Waals surface area contributed by atoms with Crippen molar-refractivity contribution < 1.29 is 9.53 Å². The van der Waals surface area contributed by atoms with Gasteiger partial charge < -0.3 is 10.1 Å². The minimum Gasteiger partial charge on any atom is -0.461 e. The van der Waals surface area contributed by atoms with Crippen LogP contribution in [0.5, 0.6) is 0 Å². The normalized spacial score (nSPS) is 11.7. The minimum atomic E-state index is -0.159. The van der Waals surface area contributed by atoms with Crippen LogP contribution in [-0.4, -0.2) is 19.1 Å². The predicted octanol–water partition coefficient (Wildman–Crippen LogP) is 2.92. The van der Waals surface area contributed by atoms with Crippen LogP contribution < -0.4 is 5.32 Å². The molecule has 0 heterocycles. The Kier molecular flexibility index (Phi) is 6.90. The molecule has 104 valence electrons. The number of carbonyl (C=O) groups excluding carboxylic acids is 1. The van der Waals surface area contributed by atoms with E-state index in [-0.39, 0.29) is 11.9 Å². The standard InChI is InChI=1S/C16H23NO2/c1-13(2)9-10-17-11-14(3)16(18)19-12-15-7-5-4-6-8-15/h4-9,14,17H,10-12H2,1-3H3. The van der Waals surface area contributed by atoms with Gasteiger partial charge in [0, 0.05) is 13.1 Å². The highest BCUT2D eigenvalue weighted by Gasteiger charge is 2.13. The average molecular weight is 261 g/mol. The number of allylic oxidation sites excluding steroid dienone is 1. The topological polar surface area (TPSA) is 38.3 Å². The molecule has 19 heavy (non-hydrogen) atoms. The lowest BCUT2D eigenvalue weighted by Crippen LogP contribution is -2.28. The van der Waals surface area contributed by atoms with Crippen LogP contribution in [0.4, 0.5) is 0 Å². The summed E-state index contributed by atoms with van der Waals surface area (Å²) in [4.78, 5) is 11.8. The van der Waals surface area contributed by atoms with Gasteiger partial charge in [0.05, 0.1) is 5.92 Å². The first-order valence-corrected chi connectivity index (χ1v) is 6.64. The Balaban J connectivity index is 2.23. The van der Waals surface area contributed by atoms with E-state index in [4.69, 9.17) is 4.74 Å². The molecule has 0 saturated carbocycles. The molecule has 3 heteroatoms. The zero-order valence-electron chi connectivity index (χ0n) is 12.0. The summed E-state index contributed by atoms with van der Waals surface area (Å²) in [5.41, 5.74) is 2.28. The molecule has 1 N–H and O–H groups in total. The molecule has 0 saturated heterocycles. The average Bonchev–Trinajstić information content (AvgIpc) is 2.41. The number of carbonyl (C=O) groups is 1. The Morgan fingerprint density at radius 3 is 2.63 bits per heavy atom. The van der Waals surface area contributed by atoms with E-state index in [9.17, 15) is 4.79 Å². The van der Waals surface area contributed by atoms with Gasteiger partial charge in [-0.25, -0.2) is 0 Å². The summed E-state index contributed by atoms with van der Waals surface area (Å²) < 4.78 is 5.27. The van der Waals surface area contributed by atoms with Crippen LogP contribution in [0.15, 0.2) is 42.0 Å². The molecule has 0 fully saturated rings. The van der Waals surface area contributed by atoms with Crippen molar-refractivity contribution in [3.8, 4) is 0 Å². The summed E-state index contributed by atoms with van der Waals surface area (Å²) in [6, 6.07) is 9.72. The fourth-order valence-electron chi connectivity index (χ4n) is 1.53.